The summed E-state index contributed by atoms with van der Waals surface area (Å²) in [5.41, 5.74) is 1.62. The number of rotatable bonds is 3. The second-order valence-corrected chi connectivity index (χ2v) is 3.38. The summed E-state index contributed by atoms with van der Waals surface area (Å²) < 4.78 is 0. The fourth-order valence-electron chi connectivity index (χ4n) is 1.28. The second kappa shape index (κ2) is 5.03. The van der Waals surface area contributed by atoms with E-state index in [1.54, 1.807) is 6.08 Å². The molecule has 0 fully saturated rings. The zero-order chi connectivity index (χ0) is 12.1. The van der Waals surface area contributed by atoms with Gasteiger partial charge in [0.05, 0.1) is 18.1 Å². The van der Waals surface area contributed by atoms with Crippen molar-refractivity contribution in [3.63, 3.8) is 0 Å². The number of carbonyl (C=O) groups is 1. The molecule has 0 amide bonds. The molecule has 0 saturated carbocycles. The maximum absolute atomic E-state index is 10.6. The average molecular weight is 226 g/mol. The molecule has 0 unspecified atom stereocenters. The van der Waals surface area contributed by atoms with Gasteiger partial charge in [0.25, 0.3) is 0 Å². The van der Waals surface area contributed by atoms with Gasteiger partial charge in [0.2, 0.25) is 0 Å². The van der Waals surface area contributed by atoms with Crippen LogP contribution >= 0.6 is 0 Å². The minimum absolute atomic E-state index is 0.0538. The molecule has 84 valence electrons. The van der Waals surface area contributed by atoms with Gasteiger partial charge in [-0.3, -0.25) is 4.98 Å². The molecule has 0 spiro atoms. The van der Waals surface area contributed by atoms with Crippen LogP contribution in [0.2, 0.25) is 0 Å². The van der Waals surface area contributed by atoms with E-state index < -0.39 is 5.97 Å². The fraction of sp³-hybridized carbons (Fsp3) is 0. The zero-order valence-corrected chi connectivity index (χ0v) is 8.95. The molecule has 2 aromatic rings. The van der Waals surface area contributed by atoms with Crippen LogP contribution in [0.4, 0.5) is 0 Å². The molecule has 1 aromatic heterocycles. The van der Waals surface area contributed by atoms with Crippen molar-refractivity contribution in [1.29, 1.82) is 0 Å². The quantitative estimate of drug-likeness (QED) is 0.872. The van der Waals surface area contributed by atoms with E-state index in [0.717, 1.165) is 5.56 Å². The maximum Gasteiger partial charge on any atom is 0.356 e. The molecule has 4 heteroatoms. The van der Waals surface area contributed by atoms with Crippen molar-refractivity contribution < 1.29 is 9.90 Å². The number of aromatic nitrogens is 2. The highest BCUT2D eigenvalue weighted by atomic mass is 16.4. The minimum atomic E-state index is -1.07. The first-order valence-electron chi connectivity index (χ1n) is 5.04. The summed E-state index contributed by atoms with van der Waals surface area (Å²) in [6, 6.07) is 9.77. The molecule has 1 heterocycles. The Balaban J connectivity index is 2.14. The van der Waals surface area contributed by atoms with E-state index in [2.05, 4.69) is 9.97 Å². The lowest BCUT2D eigenvalue weighted by Gasteiger charge is -1.94. The van der Waals surface area contributed by atoms with Crippen LogP contribution in [-0.4, -0.2) is 21.0 Å². The van der Waals surface area contributed by atoms with Crippen molar-refractivity contribution in [2.75, 3.05) is 0 Å². The lowest BCUT2D eigenvalue weighted by atomic mass is 10.2. The van der Waals surface area contributed by atoms with Crippen LogP contribution in [0.1, 0.15) is 21.7 Å². The zero-order valence-electron chi connectivity index (χ0n) is 8.95. The summed E-state index contributed by atoms with van der Waals surface area (Å²) in [6.45, 7) is 0. The summed E-state index contributed by atoms with van der Waals surface area (Å²) in [5, 5.41) is 8.66. The van der Waals surface area contributed by atoms with Crippen LogP contribution in [0.25, 0.3) is 12.2 Å². The Morgan fingerprint density at radius 1 is 1.06 bits per heavy atom. The van der Waals surface area contributed by atoms with Crippen molar-refractivity contribution in [1.82, 2.24) is 9.97 Å². The van der Waals surface area contributed by atoms with Gasteiger partial charge in [0, 0.05) is 0 Å². The maximum atomic E-state index is 10.6. The lowest BCUT2D eigenvalue weighted by molar-refractivity contribution is 0.0690. The summed E-state index contributed by atoms with van der Waals surface area (Å²) in [6.07, 6.45) is 6.36. The first-order valence-corrected chi connectivity index (χ1v) is 5.04. The molecule has 0 aliphatic carbocycles. The molecule has 2 rings (SSSR count). The highest BCUT2D eigenvalue weighted by Crippen LogP contribution is 2.05. The van der Waals surface area contributed by atoms with Gasteiger partial charge < -0.3 is 5.11 Å². The standard InChI is InChI=1S/C13H10N2O2/c16-13(17)12-9-14-11(8-15-12)7-6-10-4-2-1-3-5-10/h1-9H,(H,16,17). The molecule has 17 heavy (non-hydrogen) atoms. The Hall–Kier alpha value is -2.49. The lowest BCUT2D eigenvalue weighted by Crippen LogP contribution is -2.00. The predicted octanol–water partition coefficient (Wildman–Crippen LogP) is 2.35. The third-order valence-electron chi connectivity index (χ3n) is 2.14. The molecule has 0 radical (unpaired) electrons. The van der Waals surface area contributed by atoms with E-state index in [9.17, 15) is 4.79 Å². The molecule has 0 atom stereocenters. The van der Waals surface area contributed by atoms with Crippen LogP contribution in [-0.2, 0) is 0 Å². The van der Waals surface area contributed by atoms with E-state index in [4.69, 9.17) is 5.11 Å². The van der Waals surface area contributed by atoms with Gasteiger partial charge in [0.1, 0.15) is 0 Å². The molecule has 4 nitrogen and oxygen atoms in total. The smallest absolute Gasteiger partial charge is 0.356 e. The third kappa shape index (κ3) is 2.98. The molecule has 1 N–H and O–H groups in total. The Bertz CT molecular complexity index is 533. The molecular weight excluding hydrogens is 216 g/mol. The Labute approximate surface area is 98.3 Å². The van der Waals surface area contributed by atoms with E-state index >= 15 is 0 Å². The first kappa shape index (κ1) is 11.0. The summed E-state index contributed by atoms with van der Waals surface area (Å²) in [7, 11) is 0. The topological polar surface area (TPSA) is 63.1 Å². The molecule has 0 bridgehead atoms. The second-order valence-electron chi connectivity index (χ2n) is 3.38. The van der Waals surface area contributed by atoms with Crippen LogP contribution in [0.15, 0.2) is 42.7 Å². The fourth-order valence-corrected chi connectivity index (χ4v) is 1.28. The Morgan fingerprint density at radius 3 is 2.41 bits per heavy atom. The molecule has 1 aromatic carbocycles. The van der Waals surface area contributed by atoms with E-state index in [1.807, 2.05) is 36.4 Å². The highest BCUT2D eigenvalue weighted by molar-refractivity contribution is 5.84. The predicted molar refractivity (Wildman–Crippen MR) is 64.4 cm³/mol. The van der Waals surface area contributed by atoms with Crippen LogP contribution in [0.5, 0.6) is 0 Å². The van der Waals surface area contributed by atoms with Crippen LogP contribution < -0.4 is 0 Å². The van der Waals surface area contributed by atoms with Crippen molar-refractivity contribution in [2.24, 2.45) is 0 Å². The number of carboxylic acid groups (broad SMARTS) is 1. The van der Waals surface area contributed by atoms with E-state index in [-0.39, 0.29) is 5.69 Å². The van der Waals surface area contributed by atoms with Gasteiger partial charge in [-0.1, -0.05) is 36.4 Å². The molecule has 0 aliphatic heterocycles. The summed E-state index contributed by atoms with van der Waals surface area (Å²) in [5.74, 6) is -1.07. The largest absolute Gasteiger partial charge is 0.476 e. The number of aromatic carboxylic acids is 1. The van der Waals surface area contributed by atoms with Gasteiger partial charge >= 0.3 is 5.97 Å². The Morgan fingerprint density at radius 2 is 1.82 bits per heavy atom. The number of nitrogens with zero attached hydrogens (tertiary/aromatic N) is 2. The number of carboxylic acids is 1. The van der Waals surface area contributed by atoms with Crippen molar-refractivity contribution >= 4 is 18.1 Å². The minimum Gasteiger partial charge on any atom is -0.476 e. The number of hydrogen-bond acceptors (Lipinski definition) is 3. The van der Waals surface area contributed by atoms with Crippen molar-refractivity contribution in [3.8, 4) is 0 Å². The summed E-state index contributed by atoms with van der Waals surface area (Å²) >= 11 is 0. The van der Waals surface area contributed by atoms with Gasteiger partial charge in [-0.15, -0.1) is 0 Å². The molecular formula is C13H10N2O2. The molecule has 0 saturated heterocycles. The van der Waals surface area contributed by atoms with E-state index in [1.165, 1.54) is 12.4 Å². The number of benzene rings is 1. The van der Waals surface area contributed by atoms with Crippen LogP contribution in [0.3, 0.4) is 0 Å². The van der Waals surface area contributed by atoms with Gasteiger partial charge in [-0.25, -0.2) is 9.78 Å². The monoisotopic (exact) mass is 226 g/mol. The SMILES string of the molecule is O=C(O)c1cnc(C=Cc2ccccc2)cn1. The Kier molecular flexibility index (Phi) is 3.25. The van der Waals surface area contributed by atoms with Crippen molar-refractivity contribution in [3.05, 3.63) is 59.7 Å². The highest BCUT2D eigenvalue weighted by Gasteiger charge is 2.02. The van der Waals surface area contributed by atoms with E-state index in [0.29, 0.717) is 5.69 Å². The number of hydrogen-bond donors (Lipinski definition) is 1. The summed E-state index contributed by atoms with van der Waals surface area (Å²) in [4.78, 5) is 18.3. The van der Waals surface area contributed by atoms with Gasteiger partial charge in [-0.05, 0) is 11.6 Å². The van der Waals surface area contributed by atoms with Crippen molar-refractivity contribution in [2.45, 2.75) is 0 Å². The van der Waals surface area contributed by atoms with Crippen LogP contribution in [0, 0.1) is 0 Å². The average Bonchev–Trinajstić information content (AvgIpc) is 2.38. The van der Waals surface area contributed by atoms with Gasteiger partial charge in [-0.2, -0.15) is 0 Å². The normalized spacial score (nSPS) is 10.6. The third-order valence-corrected chi connectivity index (χ3v) is 2.14. The van der Waals surface area contributed by atoms with Gasteiger partial charge in [0.15, 0.2) is 5.69 Å². The first-order chi connectivity index (χ1) is 8.25. The molecule has 0 aliphatic rings.